The van der Waals surface area contributed by atoms with E-state index in [0.29, 0.717) is 5.69 Å². The Labute approximate surface area is 173 Å². The summed E-state index contributed by atoms with van der Waals surface area (Å²) in [5, 5.41) is 14.0. The minimum Gasteiger partial charge on any atom is -0.478 e. The summed E-state index contributed by atoms with van der Waals surface area (Å²) >= 11 is 12.3. The molecular formula is C21H11Cl2FN2O3. The molecule has 0 aliphatic heterocycles. The van der Waals surface area contributed by atoms with Crippen LogP contribution >= 0.6 is 23.2 Å². The van der Waals surface area contributed by atoms with Crippen molar-refractivity contribution < 1.29 is 19.1 Å². The monoisotopic (exact) mass is 428 g/mol. The number of aromatic carboxylic acids is 1. The molecule has 0 unspecified atom stereocenters. The maximum atomic E-state index is 14.7. The Morgan fingerprint density at radius 2 is 1.55 bits per heavy atom. The van der Waals surface area contributed by atoms with E-state index >= 15 is 0 Å². The van der Waals surface area contributed by atoms with E-state index in [4.69, 9.17) is 28.3 Å². The SMILES string of the molecule is O=C(O)c1ccc(-n2nc(C(=O)c3c(Cl)cccc3Cl)c3cccc(F)c32)cc1. The van der Waals surface area contributed by atoms with Gasteiger partial charge in [0.05, 0.1) is 26.9 Å². The molecule has 1 N–H and O–H groups in total. The Kier molecular flexibility index (Phi) is 4.82. The highest BCUT2D eigenvalue weighted by Crippen LogP contribution is 2.31. The van der Waals surface area contributed by atoms with Gasteiger partial charge < -0.3 is 5.11 Å². The summed E-state index contributed by atoms with van der Waals surface area (Å²) in [6.07, 6.45) is 0. The van der Waals surface area contributed by atoms with Gasteiger partial charge in [0, 0.05) is 5.39 Å². The number of carbonyl (C=O) groups is 2. The molecule has 4 rings (SSSR count). The molecule has 0 amide bonds. The smallest absolute Gasteiger partial charge is 0.335 e. The van der Waals surface area contributed by atoms with Gasteiger partial charge in [-0.15, -0.1) is 0 Å². The molecule has 0 aliphatic rings. The quantitative estimate of drug-likeness (QED) is 0.441. The molecular weight excluding hydrogens is 418 g/mol. The fourth-order valence-electron chi connectivity index (χ4n) is 3.06. The minimum atomic E-state index is -1.09. The van der Waals surface area contributed by atoms with Crippen LogP contribution in [0.3, 0.4) is 0 Å². The van der Waals surface area contributed by atoms with E-state index in [9.17, 15) is 14.0 Å². The van der Waals surface area contributed by atoms with E-state index in [-0.39, 0.29) is 37.8 Å². The lowest BCUT2D eigenvalue weighted by Gasteiger charge is -2.05. The molecule has 3 aromatic carbocycles. The Morgan fingerprint density at radius 3 is 2.17 bits per heavy atom. The van der Waals surface area contributed by atoms with Crippen molar-refractivity contribution in [3.63, 3.8) is 0 Å². The van der Waals surface area contributed by atoms with E-state index in [1.807, 2.05) is 0 Å². The molecule has 0 fully saturated rings. The first-order valence-electron chi connectivity index (χ1n) is 8.38. The molecule has 0 spiro atoms. The van der Waals surface area contributed by atoms with Gasteiger partial charge in [0.15, 0.2) is 0 Å². The van der Waals surface area contributed by atoms with Crippen molar-refractivity contribution >= 4 is 45.9 Å². The van der Waals surface area contributed by atoms with Crippen molar-refractivity contribution in [1.82, 2.24) is 9.78 Å². The first-order valence-corrected chi connectivity index (χ1v) is 9.13. The average molecular weight is 429 g/mol. The number of carboxylic acids is 1. The number of halogens is 3. The standard InChI is InChI=1S/C21H11Cl2FN2O3/c22-14-4-2-5-15(23)17(14)20(27)18-13-3-1-6-16(24)19(13)26(25-18)12-9-7-11(8-10-12)21(28)29/h1-10H,(H,28,29). The van der Waals surface area contributed by atoms with Crippen LogP contribution in [-0.2, 0) is 0 Å². The van der Waals surface area contributed by atoms with E-state index in [1.165, 1.54) is 53.2 Å². The van der Waals surface area contributed by atoms with Crippen LogP contribution in [0.4, 0.5) is 4.39 Å². The Hall–Kier alpha value is -3.22. The van der Waals surface area contributed by atoms with Crippen molar-refractivity contribution in [3.8, 4) is 5.69 Å². The lowest BCUT2D eigenvalue weighted by Crippen LogP contribution is -2.06. The molecule has 144 valence electrons. The van der Waals surface area contributed by atoms with Crippen LogP contribution in [-0.4, -0.2) is 26.6 Å². The summed E-state index contributed by atoms with van der Waals surface area (Å²) in [7, 11) is 0. The zero-order valence-corrected chi connectivity index (χ0v) is 16.1. The Balaban J connectivity index is 1.94. The largest absolute Gasteiger partial charge is 0.478 e. The third-order valence-electron chi connectivity index (χ3n) is 4.42. The second kappa shape index (κ2) is 7.31. The van der Waals surface area contributed by atoms with Crippen LogP contribution in [0.2, 0.25) is 10.0 Å². The maximum Gasteiger partial charge on any atom is 0.335 e. The minimum absolute atomic E-state index is 0.0168. The van der Waals surface area contributed by atoms with Crippen molar-refractivity contribution in [2.24, 2.45) is 0 Å². The number of aromatic nitrogens is 2. The number of benzene rings is 3. The molecule has 5 nitrogen and oxygen atoms in total. The number of para-hydroxylation sites is 1. The molecule has 1 aromatic heterocycles. The number of fused-ring (bicyclic) bond motifs is 1. The fraction of sp³-hybridized carbons (Fsp3) is 0. The van der Waals surface area contributed by atoms with Crippen LogP contribution < -0.4 is 0 Å². The zero-order valence-electron chi connectivity index (χ0n) is 14.6. The normalized spacial score (nSPS) is 11.0. The van der Waals surface area contributed by atoms with Gasteiger partial charge in [-0.2, -0.15) is 5.10 Å². The van der Waals surface area contributed by atoms with Crippen LogP contribution in [0, 0.1) is 5.82 Å². The molecule has 0 atom stereocenters. The molecule has 0 saturated heterocycles. The highest BCUT2D eigenvalue weighted by Gasteiger charge is 2.25. The molecule has 29 heavy (non-hydrogen) atoms. The van der Waals surface area contributed by atoms with Gasteiger partial charge >= 0.3 is 5.97 Å². The Morgan fingerprint density at radius 1 is 0.931 bits per heavy atom. The number of nitrogens with zero attached hydrogens (tertiary/aromatic N) is 2. The van der Waals surface area contributed by atoms with Gasteiger partial charge in [-0.3, -0.25) is 4.79 Å². The predicted molar refractivity (Wildman–Crippen MR) is 108 cm³/mol. The number of carboxylic acid groups (broad SMARTS) is 1. The second-order valence-electron chi connectivity index (χ2n) is 6.17. The van der Waals surface area contributed by atoms with E-state index in [1.54, 1.807) is 12.1 Å². The fourth-order valence-corrected chi connectivity index (χ4v) is 3.63. The van der Waals surface area contributed by atoms with Gasteiger partial charge in [0.1, 0.15) is 17.0 Å². The van der Waals surface area contributed by atoms with Gasteiger partial charge in [-0.1, -0.05) is 41.4 Å². The molecule has 8 heteroatoms. The van der Waals surface area contributed by atoms with Gasteiger partial charge in [-0.25, -0.2) is 13.9 Å². The summed E-state index contributed by atoms with van der Waals surface area (Å²) < 4.78 is 15.9. The van der Waals surface area contributed by atoms with Gasteiger partial charge in [-0.05, 0) is 42.5 Å². The van der Waals surface area contributed by atoms with Crippen molar-refractivity contribution in [2.45, 2.75) is 0 Å². The maximum absolute atomic E-state index is 14.7. The molecule has 0 aliphatic carbocycles. The highest BCUT2D eigenvalue weighted by molar-refractivity contribution is 6.41. The molecule has 0 radical (unpaired) electrons. The first kappa shape index (κ1) is 19.1. The van der Waals surface area contributed by atoms with Gasteiger partial charge in [0.2, 0.25) is 5.78 Å². The summed E-state index contributed by atoms with van der Waals surface area (Å²) in [6, 6.07) is 14.7. The number of ketones is 1. The van der Waals surface area contributed by atoms with Crippen LogP contribution in [0.5, 0.6) is 0 Å². The van der Waals surface area contributed by atoms with Gasteiger partial charge in [0.25, 0.3) is 0 Å². The number of hydrogen-bond donors (Lipinski definition) is 1. The predicted octanol–water partition coefficient (Wildman–Crippen LogP) is 5.40. The van der Waals surface area contributed by atoms with E-state index in [0.717, 1.165) is 0 Å². The number of rotatable bonds is 4. The van der Waals surface area contributed by atoms with Crippen LogP contribution in [0.25, 0.3) is 16.6 Å². The summed E-state index contributed by atoms with van der Waals surface area (Å²) in [4.78, 5) is 24.2. The molecule has 0 bridgehead atoms. The van der Waals surface area contributed by atoms with E-state index < -0.39 is 17.6 Å². The summed E-state index contributed by atoms with van der Waals surface area (Å²) in [5.41, 5.74) is 0.617. The van der Waals surface area contributed by atoms with E-state index in [2.05, 4.69) is 5.10 Å². The van der Waals surface area contributed by atoms with Crippen molar-refractivity contribution in [3.05, 3.63) is 93.3 Å². The number of carbonyl (C=O) groups excluding carboxylic acids is 1. The van der Waals surface area contributed by atoms with Crippen molar-refractivity contribution in [2.75, 3.05) is 0 Å². The average Bonchev–Trinajstić information content (AvgIpc) is 3.09. The Bertz CT molecular complexity index is 1260. The van der Waals surface area contributed by atoms with Crippen LogP contribution in [0.1, 0.15) is 26.4 Å². The third-order valence-corrected chi connectivity index (χ3v) is 5.05. The lowest BCUT2D eigenvalue weighted by molar-refractivity contribution is 0.0696. The molecule has 0 saturated carbocycles. The summed E-state index contributed by atoms with van der Waals surface area (Å²) in [5.74, 6) is -2.21. The third kappa shape index (κ3) is 3.26. The molecule has 4 aromatic rings. The summed E-state index contributed by atoms with van der Waals surface area (Å²) in [6.45, 7) is 0. The molecule has 1 heterocycles. The highest BCUT2D eigenvalue weighted by atomic mass is 35.5. The zero-order chi connectivity index (χ0) is 20.7. The second-order valence-corrected chi connectivity index (χ2v) is 6.99. The number of hydrogen-bond acceptors (Lipinski definition) is 3. The first-order chi connectivity index (χ1) is 13.9. The van der Waals surface area contributed by atoms with Crippen molar-refractivity contribution in [1.29, 1.82) is 0 Å². The lowest BCUT2D eigenvalue weighted by atomic mass is 10.0. The van der Waals surface area contributed by atoms with Crippen LogP contribution in [0.15, 0.2) is 60.7 Å². The topological polar surface area (TPSA) is 72.2 Å².